The maximum atomic E-state index is 12.5. The number of sulfonamides is 1. The number of anilines is 2. The topological polar surface area (TPSA) is 85.1 Å². The summed E-state index contributed by atoms with van der Waals surface area (Å²) in [4.78, 5) is 4.20. The van der Waals surface area contributed by atoms with Gasteiger partial charge in [0, 0.05) is 10.7 Å². The first-order chi connectivity index (χ1) is 9.70. The number of benzene rings is 1. The van der Waals surface area contributed by atoms with Crippen molar-refractivity contribution in [1.29, 1.82) is 0 Å². The molecule has 0 bridgehead atoms. The van der Waals surface area contributed by atoms with E-state index in [9.17, 15) is 8.42 Å². The molecule has 0 radical (unpaired) electrons. The summed E-state index contributed by atoms with van der Waals surface area (Å²) in [6.07, 6.45) is 0. The van der Waals surface area contributed by atoms with Crippen LogP contribution in [0.1, 0.15) is 11.3 Å². The van der Waals surface area contributed by atoms with Gasteiger partial charge in [0.15, 0.2) is 0 Å². The highest BCUT2D eigenvalue weighted by Crippen LogP contribution is 2.28. The number of nitrogens with two attached hydrogens (primary N) is 1. The minimum atomic E-state index is -3.79. The van der Waals surface area contributed by atoms with E-state index in [-0.39, 0.29) is 9.92 Å². The average molecular weight is 391 g/mol. The van der Waals surface area contributed by atoms with Crippen molar-refractivity contribution in [1.82, 2.24) is 4.98 Å². The van der Waals surface area contributed by atoms with Gasteiger partial charge in [-0.05, 0) is 59.6 Å². The van der Waals surface area contributed by atoms with E-state index < -0.39 is 10.0 Å². The van der Waals surface area contributed by atoms with Gasteiger partial charge in [0.2, 0.25) is 0 Å². The Balaban J connectivity index is 2.48. The van der Waals surface area contributed by atoms with E-state index in [2.05, 4.69) is 25.6 Å². The summed E-state index contributed by atoms with van der Waals surface area (Å²) < 4.78 is 28.1. The molecule has 0 aliphatic rings. The summed E-state index contributed by atoms with van der Waals surface area (Å²) in [5.74, 6) is 0. The van der Waals surface area contributed by atoms with E-state index in [4.69, 9.17) is 17.3 Å². The molecule has 3 N–H and O–H groups in total. The molecule has 0 aliphatic heterocycles. The lowest BCUT2D eigenvalue weighted by Crippen LogP contribution is -2.16. The second-order valence-corrected chi connectivity index (χ2v) is 7.39. The fraction of sp³-hybridized carbons (Fsp3) is 0.154. The fourth-order valence-corrected chi connectivity index (χ4v) is 3.90. The van der Waals surface area contributed by atoms with Crippen LogP contribution in [0.15, 0.2) is 33.8 Å². The van der Waals surface area contributed by atoms with E-state index in [1.54, 1.807) is 26.0 Å². The van der Waals surface area contributed by atoms with Crippen molar-refractivity contribution in [2.45, 2.75) is 18.7 Å². The third-order valence-corrected chi connectivity index (χ3v) is 5.10. The van der Waals surface area contributed by atoms with Gasteiger partial charge in [-0.2, -0.15) is 0 Å². The van der Waals surface area contributed by atoms with Gasteiger partial charge in [0.1, 0.15) is 4.60 Å². The number of aromatic nitrogens is 1. The molecule has 21 heavy (non-hydrogen) atoms. The summed E-state index contributed by atoms with van der Waals surface area (Å²) in [6.45, 7) is 3.34. The van der Waals surface area contributed by atoms with Crippen LogP contribution in [0.5, 0.6) is 0 Å². The molecule has 0 saturated carbocycles. The predicted octanol–water partition coefficient (Wildman–Crippen LogP) is 3.50. The minimum Gasteiger partial charge on any atom is -0.398 e. The molecule has 0 saturated heterocycles. The Labute approximate surface area is 136 Å². The molecule has 0 fully saturated rings. The molecule has 0 amide bonds. The van der Waals surface area contributed by atoms with Crippen LogP contribution >= 0.6 is 27.5 Å². The van der Waals surface area contributed by atoms with Crippen molar-refractivity contribution in [3.8, 4) is 0 Å². The highest BCUT2D eigenvalue weighted by molar-refractivity contribution is 9.10. The molecule has 112 valence electrons. The van der Waals surface area contributed by atoms with Gasteiger partial charge in [-0.15, -0.1) is 0 Å². The lowest BCUT2D eigenvalue weighted by Gasteiger charge is -2.13. The summed E-state index contributed by atoms with van der Waals surface area (Å²) in [6, 6.07) is 6.18. The lowest BCUT2D eigenvalue weighted by atomic mass is 10.2. The highest BCUT2D eigenvalue weighted by Gasteiger charge is 2.20. The number of rotatable bonds is 3. The minimum absolute atomic E-state index is 0.0508. The highest BCUT2D eigenvalue weighted by atomic mass is 79.9. The average Bonchev–Trinajstić information content (AvgIpc) is 2.37. The number of halogens is 2. The Morgan fingerprint density at radius 2 is 1.95 bits per heavy atom. The number of pyridine rings is 1. The summed E-state index contributed by atoms with van der Waals surface area (Å²) >= 11 is 9.12. The van der Waals surface area contributed by atoms with Crippen molar-refractivity contribution in [3.63, 3.8) is 0 Å². The zero-order valence-electron chi connectivity index (χ0n) is 11.3. The molecule has 5 nitrogen and oxygen atoms in total. The zero-order valence-corrected chi connectivity index (χ0v) is 14.5. The largest absolute Gasteiger partial charge is 0.398 e. The third-order valence-electron chi connectivity index (χ3n) is 2.95. The van der Waals surface area contributed by atoms with Gasteiger partial charge in [-0.25, -0.2) is 13.4 Å². The molecule has 0 unspecified atom stereocenters. The van der Waals surface area contributed by atoms with Gasteiger partial charge in [-0.1, -0.05) is 11.6 Å². The number of nitrogens with one attached hydrogen (secondary N) is 1. The van der Waals surface area contributed by atoms with Crippen LogP contribution in [-0.2, 0) is 10.0 Å². The summed E-state index contributed by atoms with van der Waals surface area (Å²) in [5.41, 5.74) is 7.50. The molecular weight excluding hydrogens is 378 g/mol. The fourth-order valence-electron chi connectivity index (χ4n) is 1.79. The van der Waals surface area contributed by atoms with Crippen LogP contribution in [0.25, 0.3) is 0 Å². The Morgan fingerprint density at radius 1 is 1.29 bits per heavy atom. The first kappa shape index (κ1) is 16.1. The molecule has 1 aromatic heterocycles. The Kier molecular flexibility index (Phi) is 4.46. The van der Waals surface area contributed by atoms with Crippen molar-refractivity contribution in [3.05, 3.63) is 45.1 Å². The lowest BCUT2D eigenvalue weighted by molar-refractivity contribution is 0.600. The van der Waals surface area contributed by atoms with Crippen molar-refractivity contribution in [2.75, 3.05) is 10.5 Å². The molecule has 0 aliphatic carbocycles. The van der Waals surface area contributed by atoms with E-state index in [0.717, 1.165) is 0 Å². The number of hydrogen-bond donors (Lipinski definition) is 2. The number of nitrogens with zero attached hydrogens (tertiary/aromatic N) is 1. The molecule has 8 heteroatoms. The maximum absolute atomic E-state index is 12.5. The monoisotopic (exact) mass is 389 g/mol. The first-order valence-electron chi connectivity index (χ1n) is 5.92. The second-order valence-electron chi connectivity index (χ2n) is 4.49. The molecular formula is C13H13BrClN3O2S. The van der Waals surface area contributed by atoms with Crippen LogP contribution in [0.3, 0.4) is 0 Å². The van der Waals surface area contributed by atoms with E-state index >= 15 is 0 Å². The van der Waals surface area contributed by atoms with Crippen molar-refractivity contribution < 1.29 is 8.42 Å². The summed E-state index contributed by atoms with van der Waals surface area (Å²) in [7, 11) is -3.79. The zero-order chi connectivity index (χ0) is 15.8. The van der Waals surface area contributed by atoms with Gasteiger partial charge >= 0.3 is 0 Å². The maximum Gasteiger partial charge on any atom is 0.262 e. The Bertz CT molecular complexity index is 809. The SMILES string of the molecule is Cc1nc(Br)ccc1NS(=O)(=O)c1cc(Cl)cc(N)c1C. The van der Waals surface area contributed by atoms with Gasteiger partial charge in [0.05, 0.1) is 16.3 Å². The quantitative estimate of drug-likeness (QED) is 0.620. The number of nitrogen functional groups attached to an aromatic ring is 1. The number of aryl methyl sites for hydroxylation is 1. The molecule has 1 heterocycles. The van der Waals surface area contributed by atoms with Crippen LogP contribution in [0.4, 0.5) is 11.4 Å². The van der Waals surface area contributed by atoms with Gasteiger partial charge < -0.3 is 5.73 Å². The standard InChI is InChI=1S/C13H13BrClN3O2S/c1-7-10(16)5-9(15)6-12(7)21(19,20)18-11-3-4-13(14)17-8(11)2/h3-6,18H,16H2,1-2H3. The van der Waals surface area contributed by atoms with Crippen LogP contribution in [0.2, 0.25) is 5.02 Å². The smallest absolute Gasteiger partial charge is 0.262 e. The molecule has 2 aromatic rings. The Hall–Kier alpha value is -1.31. The van der Waals surface area contributed by atoms with Crippen molar-refractivity contribution in [2.24, 2.45) is 0 Å². The van der Waals surface area contributed by atoms with E-state index in [0.29, 0.717) is 27.2 Å². The molecule has 0 atom stereocenters. The van der Waals surface area contributed by atoms with Crippen LogP contribution in [0, 0.1) is 13.8 Å². The normalized spacial score (nSPS) is 11.4. The summed E-state index contributed by atoms with van der Waals surface area (Å²) in [5, 5.41) is 0.268. The first-order valence-corrected chi connectivity index (χ1v) is 8.57. The second kappa shape index (κ2) is 5.82. The molecule has 1 aromatic carbocycles. The van der Waals surface area contributed by atoms with E-state index in [1.165, 1.54) is 12.1 Å². The van der Waals surface area contributed by atoms with Crippen molar-refractivity contribution >= 4 is 48.9 Å². The van der Waals surface area contributed by atoms with E-state index in [1.807, 2.05) is 0 Å². The number of hydrogen-bond acceptors (Lipinski definition) is 4. The molecule has 2 rings (SSSR count). The van der Waals surface area contributed by atoms with Crippen LogP contribution < -0.4 is 10.5 Å². The van der Waals surface area contributed by atoms with Gasteiger partial charge in [0.25, 0.3) is 10.0 Å². The Morgan fingerprint density at radius 3 is 2.57 bits per heavy atom. The van der Waals surface area contributed by atoms with Gasteiger partial charge in [-0.3, -0.25) is 4.72 Å². The predicted molar refractivity (Wildman–Crippen MR) is 88.1 cm³/mol. The third kappa shape index (κ3) is 3.48. The molecule has 0 spiro atoms. The van der Waals surface area contributed by atoms with Crippen LogP contribution in [-0.4, -0.2) is 13.4 Å².